The number of carbonyl (C=O) groups is 6. The lowest BCUT2D eigenvalue weighted by Crippen LogP contribution is -2.35. The van der Waals surface area contributed by atoms with Gasteiger partial charge in [0.2, 0.25) is 0 Å². The molecule has 129 heavy (non-hydrogen) atoms. The normalized spacial score (nSPS) is 14.1. The van der Waals surface area contributed by atoms with Crippen LogP contribution in [0.5, 0.6) is 28.7 Å². The number of hydrogen-bond acceptors (Lipinski definition) is 22. The van der Waals surface area contributed by atoms with E-state index in [1.165, 1.54) is 151 Å². The van der Waals surface area contributed by atoms with Crippen LogP contribution in [0.4, 0.5) is 90.5 Å². The lowest BCUT2D eigenvalue weighted by Gasteiger charge is -2.28. The number of likely N-dealkylation sites (tertiary alicyclic amines) is 2. The molecule has 0 atom stereocenters. The number of carbonyl (C=O) groups excluding carboxylic acids is 5. The highest BCUT2D eigenvalue weighted by molar-refractivity contribution is 7.22. The van der Waals surface area contributed by atoms with Crippen molar-refractivity contribution >= 4 is 233 Å². The first-order valence-corrected chi connectivity index (χ1v) is 44.6. The summed E-state index contributed by atoms with van der Waals surface area (Å²) in [6.45, 7) is 6.72. The maximum absolute atomic E-state index is 13.7. The number of urea groups is 3. The summed E-state index contributed by atoms with van der Waals surface area (Å²) < 4.78 is 69.9. The van der Waals surface area contributed by atoms with Crippen molar-refractivity contribution in [3.05, 3.63) is 255 Å². The van der Waals surface area contributed by atoms with Crippen molar-refractivity contribution in [2.45, 2.75) is 64.9 Å². The molecule has 6 aromatic heterocycles. The minimum Gasteiger partial charge on any atom is -0.493 e. The third kappa shape index (κ3) is 19.3. The highest BCUT2D eigenvalue weighted by Crippen LogP contribution is 2.52. The summed E-state index contributed by atoms with van der Waals surface area (Å²) in [6, 6.07) is 37.9. The van der Waals surface area contributed by atoms with Gasteiger partial charge in [-0.1, -0.05) is 131 Å². The smallest absolute Gasteiger partial charge is 0.348 e. The number of halogens is 9. The van der Waals surface area contributed by atoms with Crippen molar-refractivity contribution in [3.8, 4) is 28.7 Å². The number of anilines is 11. The minimum absolute atomic E-state index is 0.0238. The molecule has 0 spiro atoms. The predicted octanol–water partition coefficient (Wildman–Crippen LogP) is 23.3. The fourth-order valence-electron chi connectivity index (χ4n) is 15.1. The number of carboxylic acid groups (broad SMARTS) is 1. The van der Waals surface area contributed by atoms with Gasteiger partial charge in [0.15, 0.2) is 29.0 Å². The molecule has 19 rings (SSSR count). The molecular formula is C89H69Cl6F3N16O12S3. The summed E-state index contributed by atoms with van der Waals surface area (Å²) in [6.07, 6.45) is 11.3. The monoisotopic (exact) mass is 1920 g/mol. The highest BCUT2D eigenvalue weighted by atomic mass is 35.5. The SMILES string of the molecule is COc1cc(NC(=O)c2sc3ncnc4c3c2NC(=O)N4c2cc(OCc3cccc(F)c3)c(Cl)cc2Cl)ccc1OCCN1CCCCC1.O=C(Nc1ccc(CN2CCCCC2)cc1)c1sc2ncnc3c2c1NC(=O)N3c1cc(OCc2cccc(F)c2)c(Cl)cc1Cl.O=C(O)c1sc2ncnc3c2c1NC(=O)N3c1cc(OCc2cccc(F)c2)c(Cl)cc1Cl. The first kappa shape index (κ1) is 88.6. The third-order valence-corrected chi connectivity index (χ3v) is 26.2. The molecule has 5 aliphatic rings. The number of nitrogens with zero attached hydrogens (tertiary/aromatic N) is 11. The number of hydrogen-bond donors (Lipinski definition) is 6. The maximum atomic E-state index is 13.7. The van der Waals surface area contributed by atoms with Gasteiger partial charge >= 0.3 is 24.1 Å². The van der Waals surface area contributed by atoms with Crippen LogP contribution in [0.2, 0.25) is 30.1 Å². The Morgan fingerprint density at radius 1 is 0.419 bits per heavy atom. The van der Waals surface area contributed by atoms with E-state index in [9.17, 15) is 47.0 Å². The van der Waals surface area contributed by atoms with Gasteiger partial charge in [-0.3, -0.25) is 19.4 Å². The number of benzene rings is 8. The van der Waals surface area contributed by atoms with Crippen LogP contribution in [0.15, 0.2) is 171 Å². The van der Waals surface area contributed by atoms with Crippen molar-refractivity contribution in [1.82, 2.24) is 39.7 Å². The van der Waals surface area contributed by atoms with Gasteiger partial charge in [0.05, 0.1) is 87.5 Å². The van der Waals surface area contributed by atoms with E-state index in [0.29, 0.717) is 87.4 Å². The van der Waals surface area contributed by atoms with Crippen LogP contribution >= 0.6 is 104 Å². The van der Waals surface area contributed by atoms with Crippen LogP contribution in [0.25, 0.3) is 30.6 Å². The number of piperidine rings is 2. The first-order valence-electron chi connectivity index (χ1n) is 39.9. The number of aromatic nitrogens is 6. The molecule has 40 heteroatoms. The van der Waals surface area contributed by atoms with E-state index in [1.807, 2.05) is 24.3 Å². The Morgan fingerprint density at radius 2 is 0.798 bits per heavy atom. The Hall–Kier alpha value is -12.5. The molecule has 28 nitrogen and oxygen atoms in total. The fourth-order valence-corrected chi connectivity index (χ4v) is 19.6. The predicted molar refractivity (Wildman–Crippen MR) is 495 cm³/mol. The van der Waals surface area contributed by atoms with Crippen LogP contribution in [0.3, 0.4) is 0 Å². The summed E-state index contributed by atoms with van der Waals surface area (Å²) >= 11 is 41.9. The van der Waals surface area contributed by atoms with Gasteiger partial charge in [0.25, 0.3) is 11.8 Å². The zero-order valence-corrected chi connectivity index (χ0v) is 74.4. The number of carboxylic acids is 1. The molecule has 2 fully saturated rings. The number of thiophene rings is 3. The maximum Gasteiger partial charge on any atom is 0.348 e. The minimum atomic E-state index is -1.19. The average molecular weight is 1920 g/mol. The quantitative estimate of drug-likeness (QED) is 0.0327. The molecule has 8 amide bonds. The molecule has 8 aromatic carbocycles. The van der Waals surface area contributed by atoms with Crippen molar-refractivity contribution in [2.24, 2.45) is 0 Å². The average Bonchev–Trinajstić information content (AvgIpc) is 1.64. The standard InChI is InChI=1S/C35H31Cl2FN6O5S.C33H27Cl2FN6O3S.C21H11Cl2FN4O4S/c1-47-28-15-22(8-9-26(28)48-13-12-43-10-3-2-4-11-43)41-33(45)31-30-29-32(39-19-40-34(29)50-31)44(35(46)42-30)25-17-27(24(37)16-23(25)36)49-18-20-6-5-7-21(38)14-20;34-23-14-24(35)26(45-17-20-5-4-6-21(36)13-20)15-25(23)42-30-27-28(40-33(42)44)29(46-32(27)38-18-37-30)31(43)39-22-9-7-19(8-10-22)16-41-11-2-1-3-12-41;22-11-5-12(23)14(32-7-9-2-1-3-10(24)4-9)6-13(11)28-18-15-16(27-21(28)31)17(20(29)30)33-19(15)26-8-25-18/h5-9,14-17,19H,2-4,10-13,18H2,1H3,(H,41,45)(H,42,46);4-10,13-15,18H,1-3,11-12,16-17H2,(H,39,43)(H,40,44);1-6,8H,7H2,(H,27,31)(H,29,30). The van der Waals surface area contributed by atoms with Gasteiger partial charge in [0.1, 0.15) is 109 Å². The Bertz CT molecular complexity index is 6770. The van der Waals surface area contributed by atoms with Gasteiger partial charge in [-0.05, 0) is 153 Å². The molecule has 0 unspecified atom stereocenters. The molecule has 11 heterocycles. The lowest BCUT2D eigenvalue weighted by molar-refractivity contribution is 0.0702. The topological polar surface area (TPSA) is 322 Å². The summed E-state index contributed by atoms with van der Waals surface area (Å²) in [4.78, 5) is 116. The Labute approximate surface area is 774 Å². The van der Waals surface area contributed by atoms with E-state index in [2.05, 4.69) is 66.3 Å². The summed E-state index contributed by atoms with van der Waals surface area (Å²) in [5, 5.41) is 26.0. The highest BCUT2D eigenvalue weighted by Gasteiger charge is 2.40. The van der Waals surface area contributed by atoms with E-state index in [0.717, 1.165) is 73.3 Å². The zero-order chi connectivity index (χ0) is 89.8. The number of ether oxygens (including phenoxy) is 5. The van der Waals surface area contributed by atoms with Gasteiger partial charge in [0, 0.05) is 48.7 Å². The summed E-state index contributed by atoms with van der Waals surface area (Å²) in [5.74, 6) is -0.836. The molecule has 658 valence electrons. The van der Waals surface area contributed by atoms with Gasteiger partial charge < -0.3 is 55.4 Å². The van der Waals surface area contributed by atoms with Crippen molar-refractivity contribution < 1.29 is 70.7 Å². The van der Waals surface area contributed by atoms with Crippen molar-refractivity contribution in [3.63, 3.8) is 0 Å². The number of aromatic carboxylic acids is 1. The molecule has 2 saturated heterocycles. The second-order valence-electron chi connectivity index (χ2n) is 29.7. The number of methoxy groups -OCH3 is 1. The van der Waals surface area contributed by atoms with E-state index in [-0.39, 0.29) is 135 Å². The van der Waals surface area contributed by atoms with Gasteiger partial charge in [-0.2, -0.15) is 0 Å². The molecule has 14 aromatic rings. The fraction of sp³-hybridized carbons (Fsp3) is 0.191. The zero-order valence-electron chi connectivity index (χ0n) is 67.5. The van der Waals surface area contributed by atoms with Crippen molar-refractivity contribution in [1.29, 1.82) is 0 Å². The van der Waals surface area contributed by atoms with Crippen molar-refractivity contribution in [2.75, 3.05) is 87.7 Å². The van der Waals surface area contributed by atoms with Gasteiger partial charge in [-0.25, -0.2) is 77.0 Å². The number of amides is 8. The second kappa shape index (κ2) is 38.9. The van der Waals surface area contributed by atoms with Crippen LogP contribution in [0, 0.1) is 17.5 Å². The molecule has 0 saturated carbocycles. The summed E-state index contributed by atoms with van der Waals surface area (Å²) in [7, 11) is 1.54. The molecule has 0 radical (unpaired) electrons. The molecule has 0 aliphatic carbocycles. The largest absolute Gasteiger partial charge is 0.493 e. The van der Waals surface area contributed by atoms with Crippen LogP contribution in [-0.2, 0) is 26.4 Å². The van der Waals surface area contributed by atoms with E-state index < -0.39 is 41.6 Å². The van der Waals surface area contributed by atoms with E-state index >= 15 is 0 Å². The van der Waals surface area contributed by atoms with Crippen LogP contribution in [-0.4, -0.2) is 127 Å². The lowest BCUT2D eigenvalue weighted by atomic mass is 10.1. The van der Waals surface area contributed by atoms with Crippen LogP contribution < -0.4 is 65.0 Å². The molecule has 6 N–H and O–H groups in total. The van der Waals surface area contributed by atoms with E-state index in [4.69, 9.17) is 93.3 Å². The van der Waals surface area contributed by atoms with Gasteiger partial charge in [-0.15, -0.1) is 34.0 Å². The van der Waals surface area contributed by atoms with Crippen LogP contribution in [0.1, 0.15) is 89.8 Å². The second-order valence-corrected chi connectivity index (χ2v) is 35.1. The van der Waals surface area contributed by atoms with E-state index in [1.54, 1.807) is 61.7 Å². The number of rotatable bonds is 24. The molecule has 0 bridgehead atoms. The molecular weight excluding hydrogens is 1850 g/mol. The molecule has 5 aliphatic heterocycles. The first-order chi connectivity index (χ1) is 62.4. The third-order valence-electron chi connectivity index (χ3n) is 21.1. The Morgan fingerprint density at radius 3 is 1.19 bits per heavy atom. The Balaban J connectivity index is 0.000000139. The summed E-state index contributed by atoms with van der Waals surface area (Å²) in [5.41, 5.74) is 5.51. The number of nitrogens with one attached hydrogen (secondary N) is 5. The Kier molecular flexibility index (Phi) is 26.7.